The van der Waals surface area contributed by atoms with E-state index in [-0.39, 0.29) is 6.04 Å². The fourth-order valence-electron chi connectivity index (χ4n) is 2.42. The highest BCUT2D eigenvalue weighted by Crippen LogP contribution is 2.37. The fourth-order valence-corrected chi connectivity index (χ4v) is 3.64. The predicted molar refractivity (Wildman–Crippen MR) is 84.4 cm³/mol. The van der Waals surface area contributed by atoms with Gasteiger partial charge in [-0.3, -0.25) is 10.8 Å². The lowest BCUT2D eigenvalue weighted by Crippen LogP contribution is -2.30. The summed E-state index contributed by atoms with van der Waals surface area (Å²) >= 11 is 6.94. The maximum absolute atomic E-state index is 5.76. The summed E-state index contributed by atoms with van der Waals surface area (Å²) in [6.45, 7) is 0.721. The lowest BCUT2D eigenvalue weighted by atomic mass is 9.99. The van der Waals surface area contributed by atoms with Gasteiger partial charge in [0.25, 0.3) is 0 Å². The van der Waals surface area contributed by atoms with E-state index in [0.29, 0.717) is 0 Å². The van der Waals surface area contributed by atoms with Crippen molar-refractivity contribution in [2.75, 3.05) is 6.61 Å². The molecule has 1 aromatic heterocycles. The number of fused-ring (bicyclic) bond motifs is 1. The van der Waals surface area contributed by atoms with Gasteiger partial charge < -0.3 is 4.74 Å². The Bertz CT molecular complexity index is 648. The summed E-state index contributed by atoms with van der Waals surface area (Å²) in [5, 5.41) is 0. The molecule has 0 aliphatic carbocycles. The molecule has 2 aromatic rings. The number of nitrogens with two attached hydrogens (primary N) is 1. The topological polar surface area (TPSA) is 60.2 Å². The Morgan fingerprint density at radius 3 is 2.95 bits per heavy atom. The van der Waals surface area contributed by atoms with E-state index in [0.717, 1.165) is 39.0 Å². The third-order valence-corrected chi connectivity index (χ3v) is 4.40. The number of nitrogens with one attached hydrogen (secondary N) is 1. The Hall–Kier alpha value is -0.950. The summed E-state index contributed by atoms with van der Waals surface area (Å²) in [5.41, 5.74) is 5.90. The van der Waals surface area contributed by atoms with Crippen LogP contribution in [-0.2, 0) is 6.42 Å². The van der Waals surface area contributed by atoms with E-state index in [2.05, 4.69) is 48.3 Å². The summed E-state index contributed by atoms with van der Waals surface area (Å²) in [6.07, 6.45) is 2.70. The van der Waals surface area contributed by atoms with Gasteiger partial charge in [-0.1, -0.05) is 18.2 Å². The monoisotopic (exact) mass is 397 g/mol. The zero-order valence-corrected chi connectivity index (χ0v) is 13.7. The Morgan fingerprint density at radius 1 is 1.35 bits per heavy atom. The van der Waals surface area contributed by atoms with Crippen LogP contribution in [0.5, 0.6) is 5.75 Å². The zero-order valence-electron chi connectivity index (χ0n) is 10.6. The van der Waals surface area contributed by atoms with Crippen LogP contribution < -0.4 is 16.0 Å². The second kappa shape index (κ2) is 5.81. The summed E-state index contributed by atoms with van der Waals surface area (Å²) in [5.74, 6) is 6.68. The van der Waals surface area contributed by atoms with Gasteiger partial charge in [0.2, 0.25) is 0 Å². The number of halogens is 2. The fraction of sp³-hybridized carbons (Fsp3) is 0.214. The average molecular weight is 399 g/mol. The quantitative estimate of drug-likeness (QED) is 0.616. The van der Waals surface area contributed by atoms with Crippen LogP contribution in [0.4, 0.5) is 0 Å². The molecule has 4 nitrogen and oxygen atoms in total. The molecule has 1 unspecified atom stereocenters. The number of aromatic nitrogens is 1. The number of para-hydroxylation sites is 1. The first-order valence-electron chi connectivity index (χ1n) is 6.22. The molecule has 0 spiro atoms. The van der Waals surface area contributed by atoms with Crippen molar-refractivity contribution >= 4 is 31.9 Å². The Balaban J connectivity index is 2.09. The first kappa shape index (κ1) is 14.0. The van der Waals surface area contributed by atoms with Gasteiger partial charge in [-0.15, -0.1) is 0 Å². The third-order valence-electron chi connectivity index (χ3n) is 3.33. The Labute approximate surface area is 134 Å². The van der Waals surface area contributed by atoms with Crippen molar-refractivity contribution in [1.82, 2.24) is 10.4 Å². The number of hydrogen-bond donors (Lipinski definition) is 2. The minimum atomic E-state index is -0.217. The van der Waals surface area contributed by atoms with Crippen LogP contribution in [-0.4, -0.2) is 11.6 Å². The molecule has 104 valence electrons. The van der Waals surface area contributed by atoms with Crippen LogP contribution >= 0.6 is 31.9 Å². The molecule has 0 radical (unpaired) electrons. The summed E-state index contributed by atoms with van der Waals surface area (Å²) in [4.78, 5) is 4.46. The molecule has 1 aliphatic heterocycles. The normalized spacial score (nSPS) is 14.8. The second-order valence-electron chi connectivity index (χ2n) is 4.55. The van der Waals surface area contributed by atoms with Gasteiger partial charge in [0.15, 0.2) is 0 Å². The van der Waals surface area contributed by atoms with Crippen LogP contribution in [0.1, 0.15) is 22.9 Å². The van der Waals surface area contributed by atoms with Crippen molar-refractivity contribution < 1.29 is 4.74 Å². The van der Waals surface area contributed by atoms with E-state index in [1.54, 1.807) is 6.20 Å². The summed E-state index contributed by atoms with van der Waals surface area (Å²) < 4.78 is 7.56. The SMILES string of the molecule is NNC(c1cccc2c1OCC2)c1ncc(Br)cc1Br. The number of benzene rings is 1. The van der Waals surface area contributed by atoms with Crippen LogP contribution in [0.2, 0.25) is 0 Å². The lowest BCUT2D eigenvalue weighted by Gasteiger charge is -2.19. The molecule has 3 N–H and O–H groups in total. The van der Waals surface area contributed by atoms with Crippen molar-refractivity contribution in [2.24, 2.45) is 5.84 Å². The minimum Gasteiger partial charge on any atom is -0.493 e. The maximum atomic E-state index is 5.76. The minimum absolute atomic E-state index is 0.217. The van der Waals surface area contributed by atoms with E-state index in [1.807, 2.05) is 18.2 Å². The van der Waals surface area contributed by atoms with Gasteiger partial charge in [-0.2, -0.15) is 0 Å². The van der Waals surface area contributed by atoms with Gasteiger partial charge in [0, 0.05) is 27.1 Å². The molecule has 0 saturated heterocycles. The molecule has 0 fully saturated rings. The standard InChI is InChI=1S/C14H13Br2N3O/c15-9-6-11(16)13(18-7-9)12(19-17)10-3-1-2-8-4-5-20-14(8)10/h1-3,6-7,12,19H,4-5,17H2. The van der Waals surface area contributed by atoms with Crippen molar-refractivity contribution in [3.8, 4) is 5.75 Å². The smallest absolute Gasteiger partial charge is 0.127 e. The highest BCUT2D eigenvalue weighted by Gasteiger charge is 2.25. The second-order valence-corrected chi connectivity index (χ2v) is 6.32. The van der Waals surface area contributed by atoms with Gasteiger partial charge in [-0.25, -0.2) is 5.43 Å². The average Bonchev–Trinajstić information content (AvgIpc) is 2.91. The predicted octanol–water partition coefficient (Wildman–Crippen LogP) is 3.09. The molecule has 1 aliphatic rings. The van der Waals surface area contributed by atoms with E-state index in [4.69, 9.17) is 10.6 Å². The summed E-state index contributed by atoms with van der Waals surface area (Å²) in [7, 11) is 0. The van der Waals surface area contributed by atoms with Crippen LogP contribution in [0.15, 0.2) is 39.4 Å². The molecular formula is C14H13Br2N3O. The molecule has 3 rings (SSSR count). The highest BCUT2D eigenvalue weighted by atomic mass is 79.9. The number of hydrazine groups is 1. The summed E-state index contributed by atoms with van der Waals surface area (Å²) in [6, 6.07) is 7.87. The molecule has 1 atom stereocenters. The number of hydrogen-bond acceptors (Lipinski definition) is 4. The van der Waals surface area contributed by atoms with Gasteiger partial charge in [0.05, 0.1) is 18.3 Å². The Morgan fingerprint density at radius 2 is 2.20 bits per heavy atom. The lowest BCUT2D eigenvalue weighted by molar-refractivity contribution is 0.350. The Kier molecular flexibility index (Phi) is 4.07. The molecular weight excluding hydrogens is 386 g/mol. The highest BCUT2D eigenvalue weighted by molar-refractivity contribution is 9.11. The number of nitrogens with zero attached hydrogens (tertiary/aromatic N) is 1. The van der Waals surface area contributed by atoms with Crippen molar-refractivity contribution in [3.63, 3.8) is 0 Å². The van der Waals surface area contributed by atoms with Crippen molar-refractivity contribution in [2.45, 2.75) is 12.5 Å². The first-order chi connectivity index (χ1) is 9.70. The number of rotatable bonds is 3. The molecule has 1 aromatic carbocycles. The zero-order chi connectivity index (χ0) is 14.1. The van der Waals surface area contributed by atoms with Gasteiger partial charge >= 0.3 is 0 Å². The largest absolute Gasteiger partial charge is 0.493 e. The molecule has 0 saturated carbocycles. The molecule has 2 heterocycles. The number of pyridine rings is 1. The van der Waals surface area contributed by atoms with E-state index >= 15 is 0 Å². The van der Waals surface area contributed by atoms with Crippen molar-refractivity contribution in [3.05, 3.63) is 56.2 Å². The molecule has 0 bridgehead atoms. The van der Waals surface area contributed by atoms with Crippen LogP contribution in [0.25, 0.3) is 0 Å². The number of ether oxygens (including phenoxy) is 1. The van der Waals surface area contributed by atoms with E-state index < -0.39 is 0 Å². The van der Waals surface area contributed by atoms with E-state index in [1.165, 1.54) is 5.56 Å². The van der Waals surface area contributed by atoms with Crippen LogP contribution in [0.3, 0.4) is 0 Å². The van der Waals surface area contributed by atoms with Crippen LogP contribution in [0, 0.1) is 0 Å². The van der Waals surface area contributed by atoms with E-state index in [9.17, 15) is 0 Å². The first-order valence-corrected chi connectivity index (χ1v) is 7.81. The molecule has 20 heavy (non-hydrogen) atoms. The molecule has 0 amide bonds. The van der Waals surface area contributed by atoms with Gasteiger partial charge in [0.1, 0.15) is 5.75 Å². The molecule has 6 heteroatoms. The van der Waals surface area contributed by atoms with Gasteiger partial charge in [-0.05, 0) is 43.5 Å². The van der Waals surface area contributed by atoms with Crippen molar-refractivity contribution in [1.29, 1.82) is 0 Å². The third kappa shape index (κ3) is 2.48. The maximum Gasteiger partial charge on any atom is 0.127 e.